The molecule has 3 N–H and O–H groups in total. The lowest BCUT2D eigenvalue weighted by Crippen LogP contribution is -2.32. The highest BCUT2D eigenvalue weighted by molar-refractivity contribution is 9.10. The molecule has 1 aromatic heterocycles. The molecular weight excluding hydrogens is 532 g/mol. The molecule has 8 heteroatoms. The molecule has 0 unspecified atom stereocenters. The van der Waals surface area contributed by atoms with Crippen LogP contribution in [0.5, 0.6) is 5.75 Å². The van der Waals surface area contributed by atoms with Gasteiger partial charge in [0, 0.05) is 35.6 Å². The Kier molecular flexibility index (Phi) is 9.88. The van der Waals surface area contributed by atoms with Gasteiger partial charge < -0.3 is 25.0 Å². The van der Waals surface area contributed by atoms with Crippen molar-refractivity contribution in [1.29, 1.82) is 0 Å². The van der Waals surface area contributed by atoms with E-state index in [1.54, 1.807) is 6.20 Å². The number of rotatable bonds is 13. The predicted octanol–water partition coefficient (Wildman–Crippen LogP) is 4.45. The largest absolute Gasteiger partial charge is 0.491 e. The van der Waals surface area contributed by atoms with Crippen molar-refractivity contribution in [3.05, 3.63) is 113 Å². The van der Waals surface area contributed by atoms with E-state index in [0.29, 0.717) is 13.1 Å². The van der Waals surface area contributed by atoms with Gasteiger partial charge in [-0.1, -0.05) is 58.4 Å². The highest BCUT2D eigenvalue weighted by Crippen LogP contribution is 2.14. The van der Waals surface area contributed by atoms with E-state index in [1.165, 1.54) is 0 Å². The minimum atomic E-state index is -0.580. The number of anilines is 1. The van der Waals surface area contributed by atoms with Crippen LogP contribution < -0.4 is 15.4 Å². The number of hydrogen-bond donors (Lipinski definition) is 3. The number of nitrogens with zero attached hydrogens (tertiary/aromatic N) is 2. The van der Waals surface area contributed by atoms with Gasteiger partial charge in [-0.25, -0.2) is 4.98 Å². The molecule has 7 nitrogen and oxygen atoms in total. The van der Waals surface area contributed by atoms with Crippen molar-refractivity contribution in [1.82, 2.24) is 14.9 Å². The SMILES string of the molecule is O=C(Cc1nccn1Cc1ccc(Br)cc1)Nc1ccc(CCNC[C@H](O)COc2ccccc2)cc1. The van der Waals surface area contributed by atoms with E-state index in [1.807, 2.05) is 89.6 Å². The van der Waals surface area contributed by atoms with E-state index in [4.69, 9.17) is 4.74 Å². The van der Waals surface area contributed by atoms with Crippen LogP contribution in [-0.4, -0.2) is 46.4 Å². The molecule has 0 saturated heterocycles. The van der Waals surface area contributed by atoms with Crippen molar-refractivity contribution < 1.29 is 14.6 Å². The highest BCUT2D eigenvalue weighted by Gasteiger charge is 2.10. The number of halogens is 1. The van der Waals surface area contributed by atoms with Crippen LogP contribution >= 0.6 is 15.9 Å². The number of benzene rings is 3. The molecule has 0 aliphatic heterocycles. The van der Waals surface area contributed by atoms with E-state index < -0.39 is 6.10 Å². The van der Waals surface area contributed by atoms with Gasteiger partial charge in [0.15, 0.2) is 0 Å². The molecule has 0 saturated carbocycles. The molecule has 0 aliphatic rings. The smallest absolute Gasteiger partial charge is 0.231 e. The second-order valence-electron chi connectivity index (χ2n) is 8.75. The molecule has 0 spiro atoms. The summed E-state index contributed by atoms with van der Waals surface area (Å²) in [6.07, 6.45) is 4.05. The minimum Gasteiger partial charge on any atom is -0.491 e. The molecule has 0 bridgehead atoms. The van der Waals surface area contributed by atoms with Crippen LogP contribution in [0.1, 0.15) is 17.0 Å². The van der Waals surface area contributed by atoms with Gasteiger partial charge in [0.2, 0.25) is 5.91 Å². The summed E-state index contributed by atoms with van der Waals surface area (Å²) in [6.45, 7) is 2.10. The highest BCUT2D eigenvalue weighted by atomic mass is 79.9. The normalized spacial score (nSPS) is 11.7. The van der Waals surface area contributed by atoms with E-state index in [-0.39, 0.29) is 18.9 Å². The number of para-hydroxylation sites is 1. The third kappa shape index (κ3) is 8.86. The Hall–Kier alpha value is -3.46. The van der Waals surface area contributed by atoms with Crippen molar-refractivity contribution >= 4 is 27.5 Å². The number of carbonyl (C=O) groups is 1. The first kappa shape index (κ1) is 26.6. The summed E-state index contributed by atoms with van der Waals surface area (Å²) >= 11 is 3.45. The molecule has 4 rings (SSSR count). The second kappa shape index (κ2) is 13.7. The van der Waals surface area contributed by atoms with Crippen molar-refractivity contribution in [2.24, 2.45) is 0 Å². The monoisotopic (exact) mass is 562 g/mol. The minimum absolute atomic E-state index is 0.107. The zero-order chi connectivity index (χ0) is 25.9. The first-order valence-corrected chi connectivity index (χ1v) is 13.0. The lowest BCUT2D eigenvalue weighted by atomic mass is 10.1. The fourth-order valence-electron chi connectivity index (χ4n) is 3.81. The summed E-state index contributed by atoms with van der Waals surface area (Å²) < 4.78 is 8.59. The maximum Gasteiger partial charge on any atom is 0.231 e. The summed E-state index contributed by atoms with van der Waals surface area (Å²) in [5.41, 5.74) is 3.04. The molecule has 4 aromatic rings. The molecule has 0 aliphatic carbocycles. The molecule has 1 heterocycles. The zero-order valence-corrected chi connectivity index (χ0v) is 22.1. The first-order chi connectivity index (χ1) is 18.0. The van der Waals surface area contributed by atoms with Crippen molar-refractivity contribution in [2.75, 3.05) is 25.0 Å². The topological polar surface area (TPSA) is 88.4 Å². The van der Waals surface area contributed by atoms with Crippen molar-refractivity contribution in [3.63, 3.8) is 0 Å². The number of carbonyl (C=O) groups excluding carboxylic acids is 1. The van der Waals surface area contributed by atoms with E-state index in [0.717, 1.165) is 45.8 Å². The molecule has 1 atom stereocenters. The van der Waals surface area contributed by atoms with Gasteiger partial charge in [-0.2, -0.15) is 0 Å². The van der Waals surface area contributed by atoms with Gasteiger partial charge in [0.25, 0.3) is 0 Å². The van der Waals surface area contributed by atoms with Crippen molar-refractivity contribution in [2.45, 2.75) is 25.5 Å². The number of nitrogens with one attached hydrogen (secondary N) is 2. The Morgan fingerprint density at radius 3 is 2.49 bits per heavy atom. The molecule has 192 valence electrons. The average molecular weight is 563 g/mol. The summed E-state index contributed by atoms with van der Waals surface area (Å²) in [5.74, 6) is 1.36. The molecule has 1 amide bonds. The average Bonchev–Trinajstić information content (AvgIpc) is 3.34. The number of imidazole rings is 1. The summed E-state index contributed by atoms with van der Waals surface area (Å²) in [5, 5.41) is 16.3. The Balaban J connectivity index is 1.16. The Labute approximate surface area is 225 Å². The fourth-order valence-corrected chi connectivity index (χ4v) is 4.08. The van der Waals surface area contributed by atoms with Crippen LogP contribution in [0.15, 0.2) is 95.7 Å². The second-order valence-corrected chi connectivity index (χ2v) is 9.67. The molecule has 37 heavy (non-hydrogen) atoms. The standard InChI is InChI=1S/C29H31BrN4O3/c30-24-10-6-23(7-11-24)20-34-17-16-32-28(34)18-29(36)33-25-12-8-22(9-13-25)14-15-31-19-26(35)21-37-27-4-2-1-3-5-27/h1-13,16-17,26,31,35H,14-15,18-21H2,(H,33,36)/t26-/m0/s1. The quantitative estimate of drug-likeness (QED) is 0.209. The first-order valence-electron chi connectivity index (χ1n) is 12.2. The van der Waals surface area contributed by atoms with Gasteiger partial charge in [-0.15, -0.1) is 0 Å². The number of amides is 1. The number of hydrogen-bond acceptors (Lipinski definition) is 5. The predicted molar refractivity (Wildman–Crippen MR) is 149 cm³/mol. The van der Waals surface area contributed by atoms with Crippen LogP contribution in [0.4, 0.5) is 5.69 Å². The van der Waals surface area contributed by atoms with Crippen LogP contribution in [0.25, 0.3) is 0 Å². The molecule has 0 radical (unpaired) electrons. The third-order valence-electron chi connectivity index (χ3n) is 5.78. The lowest BCUT2D eigenvalue weighted by molar-refractivity contribution is -0.115. The molecule has 0 fully saturated rings. The van der Waals surface area contributed by atoms with E-state index in [2.05, 4.69) is 31.5 Å². The third-order valence-corrected chi connectivity index (χ3v) is 6.31. The molecule has 3 aromatic carbocycles. The van der Waals surface area contributed by atoms with Gasteiger partial charge in [-0.3, -0.25) is 4.79 Å². The Morgan fingerprint density at radius 2 is 1.73 bits per heavy atom. The number of aliphatic hydroxyl groups is 1. The van der Waals surface area contributed by atoms with E-state index in [9.17, 15) is 9.90 Å². The fraction of sp³-hybridized carbons (Fsp3) is 0.241. The van der Waals surface area contributed by atoms with Crippen LogP contribution in [0.3, 0.4) is 0 Å². The maximum atomic E-state index is 12.6. The van der Waals surface area contributed by atoms with Gasteiger partial charge >= 0.3 is 0 Å². The summed E-state index contributed by atoms with van der Waals surface area (Å²) in [7, 11) is 0. The maximum absolute atomic E-state index is 12.6. The zero-order valence-electron chi connectivity index (χ0n) is 20.5. The van der Waals surface area contributed by atoms with E-state index >= 15 is 0 Å². The Morgan fingerprint density at radius 1 is 1.00 bits per heavy atom. The van der Waals surface area contributed by atoms with Crippen LogP contribution in [0.2, 0.25) is 0 Å². The van der Waals surface area contributed by atoms with Crippen molar-refractivity contribution in [3.8, 4) is 5.75 Å². The number of ether oxygens (including phenoxy) is 1. The lowest BCUT2D eigenvalue weighted by Gasteiger charge is -2.13. The Bertz CT molecular complexity index is 1240. The summed E-state index contributed by atoms with van der Waals surface area (Å²) in [6, 6.07) is 25.4. The van der Waals surface area contributed by atoms with Gasteiger partial charge in [0.05, 0.1) is 6.42 Å². The number of aromatic nitrogens is 2. The van der Waals surface area contributed by atoms with Gasteiger partial charge in [0.1, 0.15) is 24.3 Å². The van der Waals surface area contributed by atoms with Gasteiger partial charge in [-0.05, 0) is 60.5 Å². The molecular formula is C29H31BrN4O3. The number of aliphatic hydroxyl groups excluding tert-OH is 1. The van der Waals surface area contributed by atoms with Crippen LogP contribution in [0, 0.1) is 0 Å². The summed E-state index contributed by atoms with van der Waals surface area (Å²) in [4.78, 5) is 17.0. The van der Waals surface area contributed by atoms with Crippen LogP contribution in [-0.2, 0) is 24.2 Å².